The smallest absolute Gasteiger partial charge is 0.238 e. The van der Waals surface area contributed by atoms with Gasteiger partial charge in [-0.1, -0.05) is 166 Å². The quantitative estimate of drug-likeness (QED) is 0.163. The molecule has 1 aliphatic heterocycles. The number of thiophene rings is 1. The van der Waals surface area contributed by atoms with Gasteiger partial charge in [-0.05, 0) is 51.6 Å². The molecular formula is C47H36N4S. The van der Waals surface area contributed by atoms with Crippen molar-refractivity contribution in [2.75, 3.05) is 4.90 Å². The van der Waals surface area contributed by atoms with E-state index >= 15 is 0 Å². The molecule has 0 aliphatic carbocycles. The summed E-state index contributed by atoms with van der Waals surface area (Å²) >= 11 is 1.83. The van der Waals surface area contributed by atoms with Gasteiger partial charge in [-0.3, -0.25) is 4.90 Å². The highest BCUT2D eigenvalue weighted by molar-refractivity contribution is 7.20. The Morgan fingerprint density at radius 3 is 1.88 bits per heavy atom. The number of hydrogen-bond donors (Lipinski definition) is 0. The molecule has 0 atom stereocenters. The summed E-state index contributed by atoms with van der Waals surface area (Å²) < 4.78 is 1.22. The molecule has 9 rings (SSSR count). The standard InChI is InChI=1S/C47H36N4S/c1-5-6-21-35-30(2)52-43-40(35)36-22-13-14-23-37(36)41-42(43)51(39-25-16-15-24-38(39)47(41,3)4)46-49-44(33-19-11-8-12-20-33)48-45(50-46)34-28-26-32(27-29-34)31-17-9-7-10-18-31/h5-29H,1H2,2-4H3/b21-6-. The van der Waals surface area contributed by atoms with Crippen molar-refractivity contribution in [1.82, 2.24) is 15.0 Å². The first kappa shape index (κ1) is 31.8. The number of para-hydroxylation sites is 1. The second-order valence-corrected chi connectivity index (χ2v) is 14.9. The number of allylic oxidation sites excluding steroid dienone is 2. The summed E-state index contributed by atoms with van der Waals surface area (Å²) in [6.45, 7) is 10.9. The Balaban J connectivity index is 1.36. The van der Waals surface area contributed by atoms with Gasteiger partial charge >= 0.3 is 0 Å². The Morgan fingerprint density at radius 2 is 1.19 bits per heavy atom. The molecule has 52 heavy (non-hydrogen) atoms. The second-order valence-electron chi connectivity index (χ2n) is 13.7. The minimum Gasteiger partial charge on any atom is -0.277 e. The molecule has 1 aliphatic rings. The van der Waals surface area contributed by atoms with Crippen LogP contribution >= 0.6 is 11.3 Å². The van der Waals surface area contributed by atoms with E-state index < -0.39 is 0 Å². The Morgan fingerprint density at radius 1 is 0.635 bits per heavy atom. The summed E-state index contributed by atoms with van der Waals surface area (Å²) in [6.07, 6.45) is 6.08. The highest BCUT2D eigenvalue weighted by Gasteiger charge is 2.41. The van der Waals surface area contributed by atoms with Crippen LogP contribution in [0.1, 0.15) is 35.4 Å². The number of anilines is 3. The molecule has 2 aromatic heterocycles. The zero-order chi connectivity index (χ0) is 35.4. The van der Waals surface area contributed by atoms with E-state index in [1.807, 2.05) is 47.8 Å². The molecule has 5 heteroatoms. The van der Waals surface area contributed by atoms with Crippen LogP contribution in [0.15, 0.2) is 152 Å². The number of fused-ring (bicyclic) bond motifs is 7. The predicted molar refractivity (Wildman–Crippen MR) is 220 cm³/mol. The van der Waals surface area contributed by atoms with Crippen LogP contribution in [0.5, 0.6) is 0 Å². The summed E-state index contributed by atoms with van der Waals surface area (Å²) in [5.74, 6) is 1.85. The molecule has 0 unspecified atom stereocenters. The average Bonchev–Trinajstić information content (AvgIpc) is 3.53. The highest BCUT2D eigenvalue weighted by atomic mass is 32.1. The van der Waals surface area contributed by atoms with Gasteiger partial charge < -0.3 is 0 Å². The average molecular weight is 689 g/mol. The first-order valence-electron chi connectivity index (χ1n) is 17.6. The molecule has 0 radical (unpaired) electrons. The Kier molecular flexibility index (Phi) is 7.67. The third-order valence-corrected chi connectivity index (χ3v) is 11.3. The molecule has 8 aromatic rings. The fourth-order valence-electron chi connectivity index (χ4n) is 7.78. The maximum Gasteiger partial charge on any atom is 0.238 e. The number of nitrogens with zero attached hydrogens (tertiary/aromatic N) is 4. The zero-order valence-corrected chi connectivity index (χ0v) is 30.2. The molecule has 0 spiro atoms. The number of aryl methyl sites for hydroxylation is 1. The van der Waals surface area contributed by atoms with Crippen LogP contribution in [0.2, 0.25) is 0 Å². The van der Waals surface area contributed by atoms with Gasteiger partial charge in [0.25, 0.3) is 0 Å². The Labute approximate surface area is 308 Å². The molecule has 4 nitrogen and oxygen atoms in total. The van der Waals surface area contributed by atoms with Gasteiger partial charge in [0.2, 0.25) is 5.95 Å². The van der Waals surface area contributed by atoms with E-state index in [2.05, 4.69) is 148 Å². The summed E-state index contributed by atoms with van der Waals surface area (Å²) in [5, 5.41) is 3.72. The normalized spacial score (nSPS) is 13.4. The maximum absolute atomic E-state index is 5.35. The van der Waals surface area contributed by atoms with E-state index in [1.54, 1.807) is 0 Å². The van der Waals surface area contributed by atoms with Crippen LogP contribution in [0.4, 0.5) is 17.3 Å². The predicted octanol–water partition coefficient (Wildman–Crippen LogP) is 12.9. The van der Waals surface area contributed by atoms with Crippen molar-refractivity contribution < 1.29 is 0 Å². The lowest BCUT2D eigenvalue weighted by Gasteiger charge is -2.42. The summed E-state index contributed by atoms with van der Waals surface area (Å²) in [4.78, 5) is 19.3. The van der Waals surface area contributed by atoms with Crippen LogP contribution in [0.25, 0.3) is 60.8 Å². The van der Waals surface area contributed by atoms with Crippen LogP contribution in [-0.2, 0) is 5.41 Å². The molecular weight excluding hydrogens is 653 g/mol. The molecule has 3 heterocycles. The number of rotatable bonds is 6. The highest BCUT2D eigenvalue weighted by Crippen LogP contribution is 2.58. The van der Waals surface area contributed by atoms with Crippen molar-refractivity contribution in [3.05, 3.63) is 174 Å². The van der Waals surface area contributed by atoms with Crippen molar-refractivity contribution >= 4 is 55.6 Å². The van der Waals surface area contributed by atoms with Gasteiger partial charge in [-0.2, -0.15) is 9.97 Å². The molecule has 6 aromatic carbocycles. The first-order chi connectivity index (χ1) is 25.4. The van der Waals surface area contributed by atoms with E-state index in [1.165, 1.54) is 48.0 Å². The summed E-state index contributed by atoms with van der Waals surface area (Å²) in [7, 11) is 0. The van der Waals surface area contributed by atoms with Gasteiger partial charge in [0, 0.05) is 26.8 Å². The molecule has 250 valence electrons. The van der Waals surface area contributed by atoms with E-state index in [9.17, 15) is 0 Å². The minimum absolute atomic E-state index is 0.309. The lowest BCUT2D eigenvalue weighted by atomic mass is 9.71. The van der Waals surface area contributed by atoms with Crippen LogP contribution in [0, 0.1) is 6.92 Å². The fourth-order valence-corrected chi connectivity index (χ4v) is 8.97. The van der Waals surface area contributed by atoms with Crippen molar-refractivity contribution in [2.24, 2.45) is 0 Å². The Hall–Kier alpha value is -6.17. The number of hydrogen-bond acceptors (Lipinski definition) is 5. The monoisotopic (exact) mass is 688 g/mol. The molecule has 0 N–H and O–H groups in total. The number of benzene rings is 6. The zero-order valence-electron chi connectivity index (χ0n) is 29.3. The van der Waals surface area contributed by atoms with Crippen LogP contribution in [0.3, 0.4) is 0 Å². The minimum atomic E-state index is -0.309. The number of aromatic nitrogens is 3. The van der Waals surface area contributed by atoms with Gasteiger partial charge in [0.1, 0.15) is 0 Å². The summed E-state index contributed by atoms with van der Waals surface area (Å²) in [5.41, 5.74) is 9.78. The largest absolute Gasteiger partial charge is 0.277 e. The summed E-state index contributed by atoms with van der Waals surface area (Å²) in [6, 6.07) is 46.7. The fraction of sp³-hybridized carbons (Fsp3) is 0.0851. The van der Waals surface area contributed by atoms with E-state index in [4.69, 9.17) is 15.0 Å². The van der Waals surface area contributed by atoms with Crippen molar-refractivity contribution in [3.8, 4) is 33.9 Å². The molecule has 0 amide bonds. The maximum atomic E-state index is 5.35. The van der Waals surface area contributed by atoms with E-state index in [0.29, 0.717) is 17.6 Å². The van der Waals surface area contributed by atoms with Gasteiger partial charge in [0.05, 0.1) is 16.1 Å². The SMILES string of the molecule is C=C/C=C\c1c(C)sc2c3c(c4ccccc4c12)C(C)(C)c1ccccc1N3c1nc(-c2ccccc2)nc(-c2ccc(-c3ccccc3)cc2)n1. The molecule has 0 saturated carbocycles. The topological polar surface area (TPSA) is 41.9 Å². The van der Waals surface area contributed by atoms with Crippen molar-refractivity contribution in [3.63, 3.8) is 0 Å². The molecule has 0 fully saturated rings. The first-order valence-corrected chi connectivity index (χ1v) is 18.4. The molecule has 0 saturated heterocycles. The Bertz CT molecular complexity index is 2670. The van der Waals surface area contributed by atoms with Crippen LogP contribution in [-0.4, -0.2) is 15.0 Å². The lowest BCUT2D eigenvalue weighted by molar-refractivity contribution is 0.638. The second kappa shape index (κ2) is 12.6. The third kappa shape index (κ3) is 5.08. The van der Waals surface area contributed by atoms with Gasteiger partial charge in [-0.25, -0.2) is 4.98 Å². The van der Waals surface area contributed by atoms with E-state index in [-0.39, 0.29) is 5.41 Å². The third-order valence-electron chi connectivity index (χ3n) is 10.2. The van der Waals surface area contributed by atoms with Gasteiger partial charge in [0.15, 0.2) is 11.6 Å². The van der Waals surface area contributed by atoms with Gasteiger partial charge in [-0.15, -0.1) is 11.3 Å². The van der Waals surface area contributed by atoms with Crippen molar-refractivity contribution in [2.45, 2.75) is 26.2 Å². The molecule has 0 bridgehead atoms. The van der Waals surface area contributed by atoms with Crippen molar-refractivity contribution in [1.29, 1.82) is 0 Å². The lowest BCUT2D eigenvalue weighted by Crippen LogP contribution is -2.32. The van der Waals surface area contributed by atoms with E-state index in [0.717, 1.165) is 28.1 Å². The van der Waals surface area contributed by atoms with Crippen LogP contribution < -0.4 is 4.90 Å².